The van der Waals surface area contributed by atoms with Crippen molar-refractivity contribution in [2.75, 3.05) is 6.54 Å². The van der Waals surface area contributed by atoms with Crippen LogP contribution in [0.3, 0.4) is 0 Å². The second-order valence-electron chi connectivity index (χ2n) is 4.58. The Morgan fingerprint density at radius 1 is 1.41 bits per heavy atom. The van der Waals surface area contributed by atoms with E-state index in [-0.39, 0.29) is 12.5 Å². The first kappa shape index (κ1) is 13.7. The predicted molar refractivity (Wildman–Crippen MR) is 69.8 cm³/mol. The Kier molecular flexibility index (Phi) is 4.70. The normalized spacial score (nSPS) is 11.8. The van der Waals surface area contributed by atoms with Crippen molar-refractivity contribution in [2.24, 2.45) is 4.99 Å². The van der Waals surface area contributed by atoms with E-state index in [1.165, 1.54) is 0 Å². The van der Waals surface area contributed by atoms with Gasteiger partial charge < -0.3 is 4.74 Å². The summed E-state index contributed by atoms with van der Waals surface area (Å²) in [6.07, 6.45) is 1.58. The Labute approximate surface area is 106 Å². The van der Waals surface area contributed by atoms with Crippen molar-refractivity contribution in [3.8, 4) is 0 Å². The first-order valence-corrected chi connectivity index (χ1v) is 5.72. The number of hydrogen-bond acceptors (Lipinski definition) is 3. The number of hydrogen-bond donors (Lipinski definition) is 0. The lowest BCUT2D eigenvalue weighted by atomic mass is 10.2. The Balaban J connectivity index is 2.51. The summed E-state index contributed by atoms with van der Waals surface area (Å²) in [6, 6.07) is 7.31. The Bertz CT molecular complexity index is 422. The summed E-state index contributed by atoms with van der Waals surface area (Å²) < 4.78 is 5.12. The van der Waals surface area contributed by atoms with E-state index in [2.05, 4.69) is 4.99 Å². The maximum atomic E-state index is 11.4. The maximum Gasteiger partial charge on any atom is 0.328 e. The molecule has 1 rings (SSSR count). The highest BCUT2D eigenvalue weighted by atomic mass is 35.5. The topological polar surface area (TPSA) is 38.7 Å². The number of esters is 1. The second kappa shape index (κ2) is 5.82. The molecule has 0 heterocycles. The van der Waals surface area contributed by atoms with Crippen LogP contribution in [0.25, 0.3) is 0 Å². The summed E-state index contributed by atoms with van der Waals surface area (Å²) in [5, 5.41) is 0.612. The lowest BCUT2D eigenvalue weighted by Gasteiger charge is -2.18. The molecule has 4 heteroatoms. The number of nitrogens with zero attached hydrogens (tertiary/aromatic N) is 1. The van der Waals surface area contributed by atoms with Gasteiger partial charge in [0, 0.05) is 16.8 Å². The number of rotatable bonds is 3. The highest BCUT2D eigenvalue weighted by Crippen LogP contribution is 2.12. The molecule has 0 bridgehead atoms. The molecule has 0 amide bonds. The lowest BCUT2D eigenvalue weighted by Crippen LogP contribution is -2.25. The number of aliphatic imine (C=N–C) groups is 1. The first-order chi connectivity index (χ1) is 7.88. The predicted octanol–water partition coefficient (Wildman–Crippen LogP) is 3.10. The van der Waals surface area contributed by atoms with Gasteiger partial charge in [-0.3, -0.25) is 9.79 Å². The quantitative estimate of drug-likeness (QED) is 0.613. The van der Waals surface area contributed by atoms with Crippen LogP contribution >= 0.6 is 11.6 Å². The van der Waals surface area contributed by atoms with Gasteiger partial charge in [0.2, 0.25) is 0 Å². The van der Waals surface area contributed by atoms with E-state index in [9.17, 15) is 4.79 Å². The van der Waals surface area contributed by atoms with Crippen molar-refractivity contribution in [1.29, 1.82) is 0 Å². The molecule has 0 fully saturated rings. The molecule has 0 saturated carbocycles. The van der Waals surface area contributed by atoms with Gasteiger partial charge in [-0.05, 0) is 26.8 Å². The molecule has 0 N–H and O–H groups in total. The molecular weight excluding hydrogens is 238 g/mol. The van der Waals surface area contributed by atoms with Crippen molar-refractivity contribution in [3.63, 3.8) is 0 Å². The highest BCUT2D eigenvalue weighted by Gasteiger charge is 2.15. The minimum atomic E-state index is -0.475. The molecule has 0 aromatic heterocycles. The van der Waals surface area contributed by atoms with Gasteiger partial charge in [0.05, 0.1) is 0 Å². The van der Waals surface area contributed by atoms with Gasteiger partial charge in [-0.15, -0.1) is 0 Å². The second-order valence-corrected chi connectivity index (χ2v) is 4.98. The van der Waals surface area contributed by atoms with Gasteiger partial charge in [-0.2, -0.15) is 0 Å². The number of benzene rings is 1. The Morgan fingerprint density at radius 2 is 2.06 bits per heavy atom. The van der Waals surface area contributed by atoms with Crippen molar-refractivity contribution in [2.45, 2.75) is 26.4 Å². The third kappa shape index (κ3) is 5.50. The molecule has 3 nitrogen and oxygen atoms in total. The summed E-state index contributed by atoms with van der Waals surface area (Å²) in [6.45, 7) is 5.47. The van der Waals surface area contributed by atoms with Gasteiger partial charge in [0.1, 0.15) is 12.1 Å². The summed E-state index contributed by atoms with van der Waals surface area (Å²) in [7, 11) is 0. The third-order valence-corrected chi connectivity index (χ3v) is 2.12. The largest absolute Gasteiger partial charge is 0.459 e. The van der Waals surface area contributed by atoms with Crippen LogP contribution in [0.2, 0.25) is 5.02 Å². The van der Waals surface area contributed by atoms with Crippen molar-refractivity contribution < 1.29 is 9.53 Å². The van der Waals surface area contributed by atoms with Gasteiger partial charge in [-0.1, -0.05) is 29.8 Å². The van der Waals surface area contributed by atoms with E-state index >= 15 is 0 Å². The smallest absolute Gasteiger partial charge is 0.328 e. The zero-order valence-electron chi connectivity index (χ0n) is 10.2. The fraction of sp³-hybridized carbons (Fsp3) is 0.385. The van der Waals surface area contributed by atoms with Gasteiger partial charge in [0.25, 0.3) is 0 Å². The molecule has 1 aromatic carbocycles. The van der Waals surface area contributed by atoms with Crippen LogP contribution in [-0.2, 0) is 9.53 Å². The van der Waals surface area contributed by atoms with Gasteiger partial charge >= 0.3 is 5.97 Å². The molecule has 0 atom stereocenters. The maximum absolute atomic E-state index is 11.4. The number of carbonyl (C=O) groups excluding carboxylic acids is 1. The average Bonchev–Trinajstić information content (AvgIpc) is 2.18. The monoisotopic (exact) mass is 253 g/mol. The molecular formula is C13H16ClNO2. The molecule has 0 radical (unpaired) electrons. The fourth-order valence-electron chi connectivity index (χ4n) is 1.17. The summed E-state index contributed by atoms with van der Waals surface area (Å²) in [4.78, 5) is 15.4. The molecule has 0 spiro atoms. The fourth-order valence-corrected chi connectivity index (χ4v) is 1.36. The van der Waals surface area contributed by atoms with E-state index in [1.807, 2.05) is 39.0 Å². The van der Waals surface area contributed by atoms with Crippen LogP contribution < -0.4 is 0 Å². The molecule has 92 valence electrons. The van der Waals surface area contributed by atoms with Crippen LogP contribution in [0.4, 0.5) is 0 Å². The minimum Gasteiger partial charge on any atom is -0.459 e. The zero-order chi connectivity index (χ0) is 12.9. The third-order valence-electron chi connectivity index (χ3n) is 1.78. The van der Waals surface area contributed by atoms with E-state index in [1.54, 1.807) is 12.3 Å². The molecule has 0 saturated heterocycles. The van der Waals surface area contributed by atoms with Crippen molar-refractivity contribution >= 4 is 23.8 Å². The van der Waals surface area contributed by atoms with Crippen LogP contribution in [0.5, 0.6) is 0 Å². The standard InChI is InChI=1S/C13H16ClNO2/c1-13(2,3)17-12(16)9-15-8-10-6-4-5-7-11(10)14/h4-8H,9H2,1-3H3. The van der Waals surface area contributed by atoms with Crippen LogP contribution in [0, 0.1) is 0 Å². The summed E-state index contributed by atoms with van der Waals surface area (Å²) in [5.74, 6) is -0.346. The van der Waals surface area contributed by atoms with Crippen LogP contribution in [-0.4, -0.2) is 24.3 Å². The van der Waals surface area contributed by atoms with E-state index in [4.69, 9.17) is 16.3 Å². The SMILES string of the molecule is CC(C)(C)OC(=O)CN=Cc1ccccc1Cl. The van der Waals surface area contributed by atoms with Crippen LogP contribution in [0.1, 0.15) is 26.3 Å². The number of carbonyl (C=O) groups is 1. The number of halogens is 1. The van der Waals surface area contributed by atoms with E-state index < -0.39 is 5.60 Å². The molecule has 0 aliphatic heterocycles. The van der Waals surface area contributed by atoms with Crippen molar-refractivity contribution in [1.82, 2.24) is 0 Å². The van der Waals surface area contributed by atoms with Crippen LogP contribution in [0.15, 0.2) is 29.3 Å². The van der Waals surface area contributed by atoms with E-state index in [0.717, 1.165) is 5.56 Å². The summed E-state index contributed by atoms with van der Waals surface area (Å²) >= 11 is 5.94. The zero-order valence-corrected chi connectivity index (χ0v) is 11.0. The Hall–Kier alpha value is -1.35. The average molecular weight is 254 g/mol. The summed E-state index contributed by atoms with van der Waals surface area (Å²) in [5.41, 5.74) is 0.314. The molecule has 1 aromatic rings. The molecule has 17 heavy (non-hydrogen) atoms. The molecule has 0 aliphatic rings. The minimum absolute atomic E-state index is 0.00247. The number of ether oxygens (including phenoxy) is 1. The van der Waals surface area contributed by atoms with Gasteiger partial charge in [-0.25, -0.2) is 0 Å². The van der Waals surface area contributed by atoms with Gasteiger partial charge in [0.15, 0.2) is 0 Å². The molecule has 0 aliphatic carbocycles. The molecule has 0 unspecified atom stereocenters. The van der Waals surface area contributed by atoms with Crippen molar-refractivity contribution in [3.05, 3.63) is 34.9 Å². The lowest BCUT2D eigenvalue weighted by molar-refractivity contribution is -0.152. The Morgan fingerprint density at radius 3 is 2.65 bits per heavy atom. The van der Waals surface area contributed by atoms with E-state index in [0.29, 0.717) is 5.02 Å². The highest BCUT2D eigenvalue weighted by molar-refractivity contribution is 6.33. The first-order valence-electron chi connectivity index (χ1n) is 5.35.